The van der Waals surface area contributed by atoms with Crippen molar-refractivity contribution in [1.82, 2.24) is 9.88 Å². The quantitative estimate of drug-likeness (QED) is 0.878. The number of benzene rings is 1. The van der Waals surface area contributed by atoms with Crippen molar-refractivity contribution in [3.05, 3.63) is 59.7 Å². The molecular weight excluding hydrogens is 269 g/mol. The summed E-state index contributed by atoms with van der Waals surface area (Å²) < 4.78 is 12.9. The molecule has 0 saturated heterocycles. The van der Waals surface area contributed by atoms with Crippen LogP contribution in [0.5, 0.6) is 0 Å². The van der Waals surface area contributed by atoms with Crippen LogP contribution in [-0.4, -0.2) is 21.8 Å². The van der Waals surface area contributed by atoms with Gasteiger partial charge >= 0.3 is 0 Å². The van der Waals surface area contributed by atoms with Gasteiger partial charge in [-0.05, 0) is 42.7 Å². The Kier molecular flexibility index (Phi) is 3.56. The Bertz CT molecular complexity index is 653. The molecule has 0 atom stereocenters. The van der Waals surface area contributed by atoms with Gasteiger partial charge in [0.05, 0.1) is 6.20 Å². The maximum absolute atomic E-state index is 12.9. The van der Waals surface area contributed by atoms with Crippen LogP contribution in [0.3, 0.4) is 0 Å². The molecule has 1 fully saturated rings. The van der Waals surface area contributed by atoms with Gasteiger partial charge in [-0.25, -0.2) is 9.37 Å². The van der Waals surface area contributed by atoms with E-state index in [0.29, 0.717) is 12.2 Å². The Balaban J connectivity index is 1.81. The van der Waals surface area contributed by atoms with Gasteiger partial charge in [-0.3, -0.25) is 4.79 Å². The van der Waals surface area contributed by atoms with E-state index < -0.39 is 5.82 Å². The van der Waals surface area contributed by atoms with Gasteiger partial charge in [0.15, 0.2) is 0 Å². The van der Waals surface area contributed by atoms with Crippen molar-refractivity contribution in [1.29, 1.82) is 0 Å². The Morgan fingerprint density at radius 2 is 2.14 bits per heavy atom. The molecule has 1 saturated carbocycles. The van der Waals surface area contributed by atoms with Crippen molar-refractivity contribution in [2.24, 2.45) is 0 Å². The van der Waals surface area contributed by atoms with Gasteiger partial charge in [0.25, 0.3) is 5.91 Å². The van der Waals surface area contributed by atoms with E-state index in [2.05, 4.69) is 4.98 Å². The maximum atomic E-state index is 12.9. The second-order valence-corrected chi connectivity index (χ2v) is 5.27. The monoisotopic (exact) mass is 285 g/mol. The summed E-state index contributed by atoms with van der Waals surface area (Å²) in [5.74, 6) is -0.611. The molecule has 1 aromatic heterocycles. The molecule has 5 heteroatoms. The first-order valence-electron chi connectivity index (χ1n) is 6.90. The van der Waals surface area contributed by atoms with E-state index >= 15 is 0 Å². The summed E-state index contributed by atoms with van der Waals surface area (Å²) in [4.78, 5) is 18.2. The molecule has 2 aromatic rings. The molecular formula is C16H16FN3O. The Labute approximate surface area is 122 Å². The lowest BCUT2D eigenvalue weighted by atomic mass is 10.1. The molecule has 2 N–H and O–H groups in total. The molecule has 3 rings (SSSR count). The van der Waals surface area contributed by atoms with Crippen LogP contribution in [0, 0.1) is 5.82 Å². The number of nitrogen functional groups attached to an aromatic ring is 1. The predicted molar refractivity (Wildman–Crippen MR) is 77.9 cm³/mol. The molecule has 0 spiro atoms. The van der Waals surface area contributed by atoms with Crippen molar-refractivity contribution < 1.29 is 9.18 Å². The third kappa shape index (κ3) is 3.18. The average molecular weight is 285 g/mol. The van der Waals surface area contributed by atoms with Gasteiger partial charge in [-0.1, -0.05) is 12.1 Å². The normalized spacial score (nSPS) is 14.0. The number of amides is 1. The summed E-state index contributed by atoms with van der Waals surface area (Å²) in [6.45, 7) is 0.494. The summed E-state index contributed by atoms with van der Waals surface area (Å²) in [5.41, 5.74) is 7.70. The first-order valence-corrected chi connectivity index (χ1v) is 6.90. The third-order valence-corrected chi connectivity index (χ3v) is 3.50. The topological polar surface area (TPSA) is 59.2 Å². The highest BCUT2D eigenvalue weighted by Gasteiger charge is 2.33. The fourth-order valence-electron chi connectivity index (χ4n) is 2.29. The van der Waals surface area contributed by atoms with Gasteiger partial charge in [-0.15, -0.1) is 0 Å². The molecule has 1 aliphatic rings. The van der Waals surface area contributed by atoms with Crippen LogP contribution in [0.4, 0.5) is 10.1 Å². The Morgan fingerprint density at radius 1 is 1.33 bits per heavy atom. The minimum Gasteiger partial charge on any atom is -0.399 e. The lowest BCUT2D eigenvalue weighted by molar-refractivity contribution is 0.0724. The summed E-state index contributed by atoms with van der Waals surface area (Å²) in [6, 6.07) is 10.4. The Morgan fingerprint density at radius 3 is 2.76 bits per heavy atom. The summed E-state index contributed by atoms with van der Waals surface area (Å²) in [6.07, 6.45) is 3.06. The number of aromatic nitrogens is 1. The van der Waals surface area contributed by atoms with E-state index in [9.17, 15) is 9.18 Å². The number of halogens is 1. The first-order chi connectivity index (χ1) is 10.1. The number of nitrogens with zero attached hydrogens (tertiary/aromatic N) is 2. The van der Waals surface area contributed by atoms with Crippen LogP contribution >= 0.6 is 0 Å². The van der Waals surface area contributed by atoms with Crippen molar-refractivity contribution in [2.75, 3.05) is 5.73 Å². The van der Waals surface area contributed by atoms with Crippen LogP contribution in [-0.2, 0) is 6.54 Å². The van der Waals surface area contributed by atoms with Gasteiger partial charge < -0.3 is 10.6 Å². The number of hydrogen-bond donors (Lipinski definition) is 1. The fraction of sp³-hybridized carbons (Fsp3) is 0.250. The smallest absolute Gasteiger partial charge is 0.272 e. The highest BCUT2D eigenvalue weighted by atomic mass is 19.1. The Hall–Kier alpha value is -2.43. The number of rotatable bonds is 4. The standard InChI is InChI=1S/C16H16FN3O/c17-12-4-7-15(19-9-12)16(21)20(14-5-6-14)10-11-2-1-3-13(18)8-11/h1-4,7-9,14H,5-6,10,18H2. The number of anilines is 1. The fourth-order valence-corrected chi connectivity index (χ4v) is 2.29. The molecule has 21 heavy (non-hydrogen) atoms. The maximum Gasteiger partial charge on any atom is 0.272 e. The van der Waals surface area contributed by atoms with E-state index in [1.54, 1.807) is 4.90 Å². The van der Waals surface area contributed by atoms with Gasteiger partial charge in [0.1, 0.15) is 11.5 Å². The zero-order valence-corrected chi connectivity index (χ0v) is 11.5. The average Bonchev–Trinajstić information content (AvgIpc) is 3.29. The first kappa shape index (κ1) is 13.5. The molecule has 1 heterocycles. The molecule has 4 nitrogen and oxygen atoms in total. The molecule has 0 unspecified atom stereocenters. The highest BCUT2D eigenvalue weighted by Crippen LogP contribution is 2.29. The zero-order valence-electron chi connectivity index (χ0n) is 11.5. The van der Waals surface area contributed by atoms with Gasteiger partial charge in [0.2, 0.25) is 0 Å². The predicted octanol–water partition coefficient (Wildman–Crippen LogP) is 2.61. The number of carbonyl (C=O) groups excluding carboxylic acids is 1. The molecule has 0 bridgehead atoms. The van der Waals surface area contributed by atoms with Crippen LogP contribution in [0.2, 0.25) is 0 Å². The third-order valence-electron chi connectivity index (χ3n) is 3.50. The lowest BCUT2D eigenvalue weighted by Crippen LogP contribution is -2.33. The van der Waals surface area contributed by atoms with Crippen molar-refractivity contribution >= 4 is 11.6 Å². The number of pyridine rings is 1. The van der Waals surface area contributed by atoms with Gasteiger partial charge in [-0.2, -0.15) is 0 Å². The SMILES string of the molecule is Nc1cccc(CN(C(=O)c2ccc(F)cn2)C2CC2)c1. The molecule has 1 aliphatic carbocycles. The minimum atomic E-state index is -0.444. The van der Waals surface area contributed by atoms with Crippen LogP contribution in [0.25, 0.3) is 0 Å². The van der Waals surface area contributed by atoms with E-state index in [4.69, 9.17) is 5.73 Å². The van der Waals surface area contributed by atoms with Crippen molar-refractivity contribution in [3.63, 3.8) is 0 Å². The molecule has 0 radical (unpaired) electrons. The second kappa shape index (κ2) is 5.52. The van der Waals surface area contributed by atoms with Crippen molar-refractivity contribution in [3.8, 4) is 0 Å². The van der Waals surface area contributed by atoms with E-state index in [-0.39, 0.29) is 17.6 Å². The largest absolute Gasteiger partial charge is 0.399 e. The summed E-state index contributed by atoms with van der Waals surface area (Å²) in [5, 5.41) is 0. The van der Waals surface area contributed by atoms with Crippen LogP contribution < -0.4 is 5.73 Å². The number of carbonyl (C=O) groups is 1. The van der Waals surface area contributed by atoms with E-state index in [1.807, 2.05) is 24.3 Å². The van der Waals surface area contributed by atoms with Gasteiger partial charge in [0, 0.05) is 18.3 Å². The number of hydrogen-bond acceptors (Lipinski definition) is 3. The van der Waals surface area contributed by atoms with Crippen molar-refractivity contribution in [2.45, 2.75) is 25.4 Å². The minimum absolute atomic E-state index is 0.167. The van der Waals surface area contributed by atoms with Crippen LogP contribution in [0.1, 0.15) is 28.9 Å². The summed E-state index contributed by atoms with van der Waals surface area (Å²) >= 11 is 0. The molecule has 108 valence electrons. The molecule has 1 aromatic carbocycles. The van der Waals surface area contributed by atoms with E-state index in [1.165, 1.54) is 12.1 Å². The molecule has 0 aliphatic heterocycles. The second-order valence-electron chi connectivity index (χ2n) is 5.27. The van der Waals surface area contributed by atoms with E-state index in [0.717, 1.165) is 24.6 Å². The lowest BCUT2D eigenvalue weighted by Gasteiger charge is -2.22. The summed E-state index contributed by atoms with van der Waals surface area (Å²) in [7, 11) is 0. The molecule has 1 amide bonds. The number of nitrogens with two attached hydrogens (primary N) is 1. The highest BCUT2D eigenvalue weighted by molar-refractivity contribution is 5.92. The zero-order chi connectivity index (χ0) is 14.8. The van der Waals surface area contributed by atoms with Crippen LogP contribution in [0.15, 0.2) is 42.6 Å².